The quantitative estimate of drug-likeness (QED) is 0.0991. The summed E-state index contributed by atoms with van der Waals surface area (Å²) in [6.45, 7) is 0. The highest BCUT2D eigenvalue weighted by molar-refractivity contribution is 8.07. The number of nitrogens with one attached hydrogen (secondary N) is 1. The Hall–Kier alpha value is -4.14. The monoisotopic (exact) mass is 621 g/mol. The highest BCUT2D eigenvalue weighted by atomic mass is 32.2. The Balaban J connectivity index is 1.32. The molecule has 6 N–H and O–H groups in total. The van der Waals surface area contributed by atoms with E-state index in [1.807, 2.05) is 0 Å². The van der Waals surface area contributed by atoms with Gasteiger partial charge in [0.1, 0.15) is 35.8 Å². The number of carboxylic acids is 1. The van der Waals surface area contributed by atoms with Crippen molar-refractivity contribution < 1.29 is 33.7 Å². The lowest BCUT2D eigenvalue weighted by Crippen LogP contribution is -2.71. The zero-order valence-electron chi connectivity index (χ0n) is 20.1. The third kappa shape index (κ3) is 5.20. The van der Waals surface area contributed by atoms with Gasteiger partial charge in [0, 0.05) is 32.1 Å². The van der Waals surface area contributed by atoms with Crippen molar-refractivity contribution in [2.24, 2.45) is 10.9 Å². The molecule has 3 amide bonds. The van der Waals surface area contributed by atoms with Crippen LogP contribution in [0.25, 0.3) is 5.95 Å². The van der Waals surface area contributed by atoms with Gasteiger partial charge in [-0.2, -0.15) is 9.36 Å². The highest BCUT2D eigenvalue weighted by Gasteiger charge is 2.55. The zero-order valence-corrected chi connectivity index (χ0v) is 23.3. The van der Waals surface area contributed by atoms with Gasteiger partial charge in [0.2, 0.25) is 17.4 Å². The number of hydrogen-bond donors (Lipinski definition) is 4. The molecule has 1 unspecified atom stereocenters. The third-order valence-electron chi connectivity index (χ3n) is 5.43. The number of carboxylic acid groups (broad SMARTS) is 1. The summed E-state index contributed by atoms with van der Waals surface area (Å²) < 4.78 is 10.2. The van der Waals surface area contributed by atoms with Gasteiger partial charge in [-0.3, -0.25) is 19.3 Å². The first-order valence-electron chi connectivity index (χ1n) is 10.9. The Morgan fingerprint density at radius 3 is 2.62 bits per heavy atom. The number of hydrogen-bond acceptors (Lipinski definition) is 15. The molecule has 206 valence electrons. The molecule has 0 saturated carbocycles. The molecule has 0 radical (unpaired) electrons. The van der Waals surface area contributed by atoms with E-state index >= 15 is 0 Å². The molecule has 2 aliphatic rings. The lowest BCUT2D eigenvalue weighted by molar-refractivity contribution is -0.603. The predicted octanol–water partition coefficient (Wildman–Crippen LogP) is -0.814. The number of carbonyl (C=O) groups excluding carboxylic acids is 3. The Bertz CT molecular complexity index is 1590. The van der Waals surface area contributed by atoms with E-state index in [9.17, 15) is 24.3 Å². The fourth-order valence-electron chi connectivity index (χ4n) is 3.66. The second-order valence-electron chi connectivity index (χ2n) is 7.84. The van der Waals surface area contributed by atoms with Crippen LogP contribution >= 0.6 is 46.6 Å². The maximum Gasteiger partial charge on any atom is 0.451 e. The SMILES string of the molecule is CO/N=C(/C(=O)N[C@@H]1C(=O)N2C(C(=O)O)=C(Sc3nc(-[n+]4ccc(C(N)=O)cc4)ns3)CSC12)c1nsc(N)n1. The molecule has 3 aromatic heterocycles. The average Bonchev–Trinajstić information content (AvgIpc) is 3.58. The Morgan fingerprint density at radius 2 is 2.00 bits per heavy atom. The number of rotatable bonds is 9. The second-order valence-corrected chi connectivity index (χ2v) is 11.8. The van der Waals surface area contributed by atoms with E-state index in [2.05, 4.69) is 29.2 Å². The Morgan fingerprint density at radius 1 is 1.25 bits per heavy atom. The number of thioether (sulfide) groups is 2. The maximum absolute atomic E-state index is 13.0. The van der Waals surface area contributed by atoms with E-state index in [0.29, 0.717) is 20.8 Å². The van der Waals surface area contributed by atoms with E-state index in [1.54, 1.807) is 17.0 Å². The van der Waals surface area contributed by atoms with Gasteiger partial charge in [0.05, 0.1) is 12.4 Å². The maximum atomic E-state index is 13.0. The molecule has 2 atom stereocenters. The van der Waals surface area contributed by atoms with Crippen LogP contribution < -0.4 is 21.4 Å². The normalized spacial score (nSPS) is 18.7. The summed E-state index contributed by atoms with van der Waals surface area (Å²) in [6, 6.07) is 2.04. The van der Waals surface area contributed by atoms with E-state index in [1.165, 1.54) is 31.0 Å². The molecular formula is C20H17N10O6S4+. The van der Waals surface area contributed by atoms with Crippen LogP contribution in [0.2, 0.25) is 0 Å². The number of amides is 3. The average molecular weight is 622 g/mol. The standard InChI is InChI=1S/C20H16N10O6S4/c1-36-26-9(13-24-18(22)39-27-13)14(32)23-10-15(33)30-11(17(34)35)8(6-37-16(10)30)38-20-25-19(28-40-20)29-4-2-7(3-5-29)12(21)31/h2-5,10,16H,6H2,1H3,(H5-,21,22,23,24,27,31,32,34,35)/p+1/b26-9+/t10-,16?/m1/s1. The number of aliphatic carboxylic acids is 1. The van der Waals surface area contributed by atoms with Gasteiger partial charge in [-0.05, 0) is 28.9 Å². The second kappa shape index (κ2) is 11.2. The van der Waals surface area contributed by atoms with Gasteiger partial charge in [0.15, 0.2) is 5.13 Å². The summed E-state index contributed by atoms with van der Waals surface area (Å²) in [5, 5.41) is 15.6. The van der Waals surface area contributed by atoms with Crippen LogP contribution in [0.4, 0.5) is 5.13 Å². The molecule has 0 aromatic carbocycles. The number of anilines is 1. The van der Waals surface area contributed by atoms with Crippen molar-refractivity contribution in [1.82, 2.24) is 28.9 Å². The smallest absolute Gasteiger partial charge is 0.451 e. The van der Waals surface area contributed by atoms with Gasteiger partial charge in [-0.25, -0.2) is 9.36 Å². The highest BCUT2D eigenvalue weighted by Crippen LogP contribution is 2.45. The number of β-lactam (4-membered cyclic amide) rings is 1. The number of nitrogens with zero attached hydrogens (tertiary/aromatic N) is 7. The molecule has 5 heterocycles. The summed E-state index contributed by atoms with van der Waals surface area (Å²) in [5.41, 5.74) is 10.7. The number of fused-ring (bicyclic) bond motifs is 1. The molecule has 0 spiro atoms. The molecule has 1 saturated heterocycles. The molecule has 16 nitrogen and oxygen atoms in total. The number of oxime groups is 1. The zero-order chi connectivity index (χ0) is 28.6. The topological polar surface area (TPSA) is 233 Å². The van der Waals surface area contributed by atoms with Gasteiger partial charge in [-0.15, -0.1) is 11.8 Å². The molecule has 3 aromatic rings. The number of carbonyl (C=O) groups is 4. The number of primary amides is 1. The number of aromatic nitrogens is 5. The molecule has 40 heavy (non-hydrogen) atoms. The summed E-state index contributed by atoms with van der Waals surface area (Å²) in [4.78, 5) is 64.0. The fraction of sp³-hybridized carbons (Fsp3) is 0.200. The molecule has 0 bridgehead atoms. The molecule has 1 fully saturated rings. The van der Waals surface area contributed by atoms with Gasteiger partial charge >= 0.3 is 11.9 Å². The van der Waals surface area contributed by atoms with Crippen molar-refractivity contribution in [2.45, 2.75) is 15.8 Å². The van der Waals surface area contributed by atoms with E-state index in [0.717, 1.165) is 39.7 Å². The Labute approximate surface area is 240 Å². The van der Waals surface area contributed by atoms with Crippen molar-refractivity contribution in [1.29, 1.82) is 0 Å². The Kier molecular flexibility index (Phi) is 7.65. The first-order valence-corrected chi connectivity index (χ1v) is 14.3. The minimum atomic E-state index is -1.30. The van der Waals surface area contributed by atoms with Crippen molar-refractivity contribution in [2.75, 3.05) is 18.6 Å². The van der Waals surface area contributed by atoms with Crippen LogP contribution in [0.1, 0.15) is 16.2 Å². The molecule has 5 rings (SSSR count). The van der Waals surface area contributed by atoms with Crippen molar-refractivity contribution in [3.63, 3.8) is 0 Å². The summed E-state index contributed by atoms with van der Waals surface area (Å²) in [5.74, 6) is -2.75. The van der Waals surface area contributed by atoms with Crippen molar-refractivity contribution >= 4 is 81.1 Å². The number of nitrogens with two attached hydrogens (primary N) is 2. The van der Waals surface area contributed by atoms with Crippen LogP contribution in [0.5, 0.6) is 0 Å². The molecule has 20 heteroatoms. The van der Waals surface area contributed by atoms with E-state index in [-0.39, 0.29) is 28.1 Å². The molecule has 2 aliphatic heterocycles. The first-order chi connectivity index (χ1) is 19.2. The molecular weight excluding hydrogens is 605 g/mol. The minimum absolute atomic E-state index is 0.0648. The predicted molar refractivity (Wildman–Crippen MR) is 143 cm³/mol. The van der Waals surface area contributed by atoms with Gasteiger partial charge in [-0.1, -0.05) is 5.16 Å². The summed E-state index contributed by atoms with van der Waals surface area (Å²) >= 11 is 4.27. The van der Waals surface area contributed by atoms with E-state index in [4.69, 9.17) is 16.3 Å². The summed E-state index contributed by atoms with van der Waals surface area (Å²) in [7, 11) is 1.23. The van der Waals surface area contributed by atoms with Crippen LogP contribution in [0.3, 0.4) is 0 Å². The van der Waals surface area contributed by atoms with Crippen molar-refractivity contribution in [3.05, 3.63) is 46.5 Å². The lowest BCUT2D eigenvalue weighted by Gasteiger charge is -2.49. The number of pyridine rings is 1. The first kappa shape index (κ1) is 27.4. The van der Waals surface area contributed by atoms with Crippen LogP contribution in [0.15, 0.2) is 44.6 Å². The van der Waals surface area contributed by atoms with Gasteiger partial charge in [0.25, 0.3) is 16.2 Å². The van der Waals surface area contributed by atoms with Crippen LogP contribution in [-0.2, 0) is 19.2 Å². The van der Waals surface area contributed by atoms with Crippen molar-refractivity contribution in [3.8, 4) is 5.95 Å². The lowest BCUT2D eigenvalue weighted by atomic mass is 10.0. The minimum Gasteiger partial charge on any atom is -0.477 e. The van der Waals surface area contributed by atoms with Crippen LogP contribution in [-0.4, -0.2) is 82.4 Å². The summed E-state index contributed by atoms with van der Waals surface area (Å²) in [6.07, 6.45) is 3.16. The largest absolute Gasteiger partial charge is 0.477 e. The van der Waals surface area contributed by atoms with E-state index < -0.39 is 35.1 Å². The van der Waals surface area contributed by atoms with Crippen LogP contribution in [0, 0.1) is 0 Å². The fourth-order valence-corrected chi connectivity index (χ4v) is 7.33. The number of nitrogen functional groups attached to an aromatic ring is 1. The molecule has 0 aliphatic carbocycles. The third-order valence-corrected chi connectivity index (χ3v) is 9.26. The van der Waals surface area contributed by atoms with Gasteiger partial charge < -0.3 is 26.7 Å².